The van der Waals surface area contributed by atoms with E-state index >= 15 is 0 Å². The van der Waals surface area contributed by atoms with Crippen LogP contribution in [-0.4, -0.2) is 17.8 Å². The topological polar surface area (TPSA) is 34.5 Å². The minimum absolute atomic E-state index is 0.807. The number of benzene rings is 3. The normalized spacial score (nSPS) is 10.5. The zero-order valence-corrected chi connectivity index (χ0v) is 14.5. The second-order valence-corrected chi connectivity index (χ2v) is 5.94. The molecule has 0 unspecified atom stereocenters. The smallest absolute Gasteiger partial charge is 0.119 e. The number of pyridine rings is 1. The molecule has 0 atom stereocenters. The van der Waals surface area contributed by atoms with Gasteiger partial charge in [-0.1, -0.05) is 60.7 Å². The molecule has 0 spiro atoms. The first-order valence-electron chi connectivity index (χ1n) is 8.46. The lowest BCUT2D eigenvalue weighted by Gasteiger charge is -2.09. The Labute approximate surface area is 152 Å². The molecule has 3 heteroatoms. The lowest BCUT2D eigenvalue weighted by Crippen LogP contribution is -2.02. The maximum absolute atomic E-state index is 5.38. The Balaban J connectivity index is 1.94. The maximum Gasteiger partial charge on any atom is 0.119 e. The molecule has 3 nitrogen and oxygen atoms in total. The summed E-state index contributed by atoms with van der Waals surface area (Å²) in [6.07, 6.45) is 3.64. The van der Waals surface area contributed by atoms with Gasteiger partial charge >= 0.3 is 0 Å². The Morgan fingerprint density at radius 3 is 2.08 bits per heavy atom. The Morgan fingerprint density at radius 1 is 0.808 bits per heavy atom. The summed E-state index contributed by atoms with van der Waals surface area (Å²) >= 11 is 0. The summed E-state index contributed by atoms with van der Waals surface area (Å²) in [7, 11) is 1.67. The number of nitrogens with zero attached hydrogens (tertiary/aromatic N) is 2. The number of ether oxygens (including phenoxy) is 1. The van der Waals surface area contributed by atoms with Gasteiger partial charge in [0.15, 0.2) is 0 Å². The summed E-state index contributed by atoms with van der Waals surface area (Å²) in [5.74, 6) is 0.807. The monoisotopic (exact) mass is 338 g/mol. The van der Waals surface area contributed by atoms with Gasteiger partial charge in [-0.15, -0.1) is 0 Å². The molecule has 1 aromatic heterocycles. The van der Waals surface area contributed by atoms with E-state index < -0.39 is 0 Å². The molecule has 0 aliphatic carbocycles. The molecule has 26 heavy (non-hydrogen) atoms. The molecule has 4 rings (SSSR count). The molecule has 126 valence electrons. The van der Waals surface area contributed by atoms with E-state index in [1.54, 1.807) is 13.3 Å². The molecule has 3 aromatic carbocycles. The molecule has 0 aliphatic heterocycles. The first-order valence-corrected chi connectivity index (χ1v) is 8.46. The Bertz CT molecular complexity index is 1020. The highest BCUT2D eigenvalue weighted by Gasteiger charge is 2.09. The number of hydrogen-bond donors (Lipinski definition) is 0. The van der Waals surface area contributed by atoms with Gasteiger partial charge in [0.1, 0.15) is 5.75 Å². The van der Waals surface area contributed by atoms with Crippen LogP contribution in [0.15, 0.2) is 96.2 Å². The third-order valence-electron chi connectivity index (χ3n) is 4.27. The van der Waals surface area contributed by atoms with E-state index in [0.29, 0.717) is 0 Å². The molecular formula is C23H18N2O. The van der Waals surface area contributed by atoms with Crippen molar-refractivity contribution < 1.29 is 4.74 Å². The Hall–Kier alpha value is -3.46. The first kappa shape index (κ1) is 16.0. The third-order valence-corrected chi connectivity index (χ3v) is 4.27. The molecule has 4 aromatic rings. The zero-order valence-electron chi connectivity index (χ0n) is 14.5. The molecule has 0 bridgehead atoms. The largest absolute Gasteiger partial charge is 0.497 e. The SMILES string of the molecule is COc1ccc2cncc(N=C(c3ccccc3)c3ccccc3)c2c1. The van der Waals surface area contributed by atoms with Crippen LogP contribution < -0.4 is 4.74 Å². The second-order valence-electron chi connectivity index (χ2n) is 5.94. The van der Waals surface area contributed by atoms with E-state index in [-0.39, 0.29) is 0 Å². The predicted molar refractivity (Wildman–Crippen MR) is 106 cm³/mol. The van der Waals surface area contributed by atoms with Gasteiger partial charge in [0.25, 0.3) is 0 Å². The average Bonchev–Trinajstić information content (AvgIpc) is 2.73. The van der Waals surface area contributed by atoms with Gasteiger partial charge < -0.3 is 4.74 Å². The molecule has 0 aliphatic rings. The highest BCUT2D eigenvalue weighted by molar-refractivity contribution is 6.14. The van der Waals surface area contributed by atoms with Crippen LogP contribution in [0.5, 0.6) is 5.75 Å². The van der Waals surface area contributed by atoms with Crippen LogP contribution in [0.4, 0.5) is 5.69 Å². The van der Waals surface area contributed by atoms with Crippen molar-refractivity contribution >= 4 is 22.2 Å². The van der Waals surface area contributed by atoms with Crippen molar-refractivity contribution in [1.82, 2.24) is 4.98 Å². The van der Waals surface area contributed by atoms with Crippen LogP contribution in [0.2, 0.25) is 0 Å². The molecule has 1 heterocycles. The summed E-state index contributed by atoms with van der Waals surface area (Å²) in [5, 5.41) is 2.05. The highest BCUT2D eigenvalue weighted by atomic mass is 16.5. The predicted octanol–water partition coefficient (Wildman–Crippen LogP) is 5.41. The van der Waals surface area contributed by atoms with Crippen LogP contribution in [0.25, 0.3) is 10.8 Å². The fraction of sp³-hybridized carbons (Fsp3) is 0.0435. The number of hydrogen-bond acceptors (Lipinski definition) is 3. The fourth-order valence-corrected chi connectivity index (χ4v) is 2.95. The minimum atomic E-state index is 0.807. The van der Waals surface area contributed by atoms with Crippen molar-refractivity contribution in [3.8, 4) is 5.75 Å². The Kier molecular flexibility index (Phi) is 4.44. The van der Waals surface area contributed by atoms with Gasteiger partial charge in [-0.2, -0.15) is 0 Å². The summed E-state index contributed by atoms with van der Waals surface area (Å²) in [5.41, 5.74) is 3.88. The van der Waals surface area contributed by atoms with Gasteiger partial charge in [0, 0.05) is 28.1 Å². The standard InChI is InChI=1S/C23H18N2O/c1-26-20-13-12-19-15-24-16-22(21(19)14-20)25-23(17-8-4-2-5-9-17)18-10-6-3-7-11-18/h2-16H,1H3. The number of fused-ring (bicyclic) bond motifs is 1. The van der Waals surface area contributed by atoms with E-state index in [2.05, 4.69) is 29.2 Å². The summed E-state index contributed by atoms with van der Waals surface area (Å²) in [4.78, 5) is 9.36. The van der Waals surface area contributed by atoms with E-state index in [1.165, 1.54) is 0 Å². The van der Waals surface area contributed by atoms with E-state index in [1.807, 2.05) is 60.8 Å². The number of aliphatic imine (C=N–C) groups is 1. The van der Waals surface area contributed by atoms with Crippen LogP contribution in [0, 0.1) is 0 Å². The molecule has 0 saturated heterocycles. The summed E-state index contributed by atoms with van der Waals surface area (Å²) in [6, 6.07) is 26.4. The molecule has 0 amide bonds. The van der Waals surface area contributed by atoms with Crippen molar-refractivity contribution in [1.29, 1.82) is 0 Å². The highest BCUT2D eigenvalue weighted by Crippen LogP contribution is 2.29. The number of methoxy groups -OCH3 is 1. The van der Waals surface area contributed by atoms with Crippen LogP contribution in [0.1, 0.15) is 11.1 Å². The van der Waals surface area contributed by atoms with Crippen LogP contribution in [-0.2, 0) is 0 Å². The van der Waals surface area contributed by atoms with Crippen molar-refractivity contribution in [2.24, 2.45) is 4.99 Å². The average molecular weight is 338 g/mol. The zero-order chi connectivity index (χ0) is 17.8. The van der Waals surface area contributed by atoms with Gasteiger partial charge in [-0.25, -0.2) is 4.99 Å². The van der Waals surface area contributed by atoms with Gasteiger partial charge in [-0.05, 0) is 18.2 Å². The first-order chi connectivity index (χ1) is 12.8. The summed E-state index contributed by atoms with van der Waals surface area (Å²) in [6.45, 7) is 0. The second kappa shape index (κ2) is 7.19. The summed E-state index contributed by atoms with van der Waals surface area (Å²) < 4.78 is 5.38. The molecular weight excluding hydrogens is 320 g/mol. The van der Waals surface area contributed by atoms with Crippen molar-refractivity contribution in [2.75, 3.05) is 7.11 Å². The molecule has 0 saturated carbocycles. The van der Waals surface area contributed by atoms with Crippen molar-refractivity contribution in [2.45, 2.75) is 0 Å². The van der Waals surface area contributed by atoms with Crippen molar-refractivity contribution in [3.63, 3.8) is 0 Å². The van der Waals surface area contributed by atoms with Crippen molar-refractivity contribution in [3.05, 3.63) is 102 Å². The minimum Gasteiger partial charge on any atom is -0.497 e. The molecule has 0 fully saturated rings. The van der Waals surface area contributed by atoms with E-state index in [9.17, 15) is 0 Å². The third kappa shape index (κ3) is 3.20. The lowest BCUT2D eigenvalue weighted by molar-refractivity contribution is 0.415. The number of rotatable bonds is 4. The fourth-order valence-electron chi connectivity index (χ4n) is 2.95. The van der Waals surface area contributed by atoms with Gasteiger partial charge in [0.05, 0.1) is 24.7 Å². The maximum atomic E-state index is 5.38. The van der Waals surface area contributed by atoms with Crippen LogP contribution >= 0.6 is 0 Å². The van der Waals surface area contributed by atoms with Crippen LogP contribution in [0.3, 0.4) is 0 Å². The van der Waals surface area contributed by atoms with E-state index in [4.69, 9.17) is 9.73 Å². The lowest BCUT2D eigenvalue weighted by atomic mass is 10.0. The Morgan fingerprint density at radius 2 is 1.46 bits per heavy atom. The quantitative estimate of drug-likeness (QED) is 0.466. The number of aromatic nitrogens is 1. The van der Waals surface area contributed by atoms with E-state index in [0.717, 1.165) is 39.0 Å². The molecule has 0 radical (unpaired) electrons. The van der Waals surface area contributed by atoms with Gasteiger partial charge in [-0.3, -0.25) is 4.98 Å². The van der Waals surface area contributed by atoms with Gasteiger partial charge in [0.2, 0.25) is 0 Å². The molecule has 0 N–H and O–H groups in total.